The Kier molecular flexibility index (Phi) is 4.47. The van der Waals surface area contributed by atoms with Crippen molar-refractivity contribution in [2.24, 2.45) is 11.0 Å². The van der Waals surface area contributed by atoms with E-state index in [1.807, 2.05) is 0 Å². The van der Waals surface area contributed by atoms with Crippen molar-refractivity contribution in [3.63, 3.8) is 0 Å². The zero-order chi connectivity index (χ0) is 18.2. The summed E-state index contributed by atoms with van der Waals surface area (Å²) in [6, 6.07) is 3.56. The quantitative estimate of drug-likeness (QED) is 0.385. The fourth-order valence-electron chi connectivity index (χ4n) is 3.18. The van der Waals surface area contributed by atoms with Crippen LogP contribution in [0.5, 0.6) is 0 Å². The van der Waals surface area contributed by atoms with Crippen molar-refractivity contribution in [3.05, 3.63) is 38.9 Å². The molecule has 132 valence electrons. The molecule has 9 heteroatoms. The number of rotatable bonds is 3. The van der Waals surface area contributed by atoms with Crippen molar-refractivity contribution in [2.75, 3.05) is 0 Å². The molecular formula is C16H17ClN4O4. The van der Waals surface area contributed by atoms with Crippen molar-refractivity contribution >= 4 is 35.4 Å². The van der Waals surface area contributed by atoms with Crippen molar-refractivity contribution in [2.45, 2.75) is 38.1 Å². The Morgan fingerprint density at radius 2 is 2.08 bits per heavy atom. The van der Waals surface area contributed by atoms with E-state index in [1.54, 1.807) is 0 Å². The van der Waals surface area contributed by atoms with Gasteiger partial charge in [-0.25, -0.2) is 4.79 Å². The van der Waals surface area contributed by atoms with E-state index < -0.39 is 16.5 Å². The monoisotopic (exact) mass is 364 g/mol. The highest BCUT2D eigenvalue weighted by Gasteiger charge is 2.52. The molecule has 1 heterocycles. The fraction of sp³-hybridized carbons (Fsp3) is 0.438. The van der Waals surface area contributed by atoms with Crippen LogP contribution in [0, 0.1) is 16.0 Å². The second kappa shape index (κ2) is 6.44. The van der Waals surface area contributed by atoms with E-state index in [0.717, 1.165) is 17.9 Å². The first-order chi connectivity index (χ1) is 11.8. The fourth-order valence-corrected chi connectivity index (χ4v) is 3.37. The Bertz CT molecular complexity index is 771. The summed E-state index contributed by atoms with van der Waals surface area (Å²) in [5.41, 5.74) is -0.761. The number of halogens is 1. The largest absolute Gasteiger partial charge is 0.346 e. The second-order valence-corrected chi connectivity index (χ2v) is 6.93. The Morgan fingerprint density at radius 1 is 1.40 bits per heavy atom. The van der Waals surface area contributed by atoms with Crippen molar-refractivity contribution in [1.29, 1.82) is 0 Å². The maximum Gasteiger partial charge on any atom is 0.346 e. The van der Waals surface area contributed by atoms with Gasteiger partial charge in [0.2, 0.25) is 0 Å². The lowest BCUT2D eigenvalue weighted by Crippen LogP contribution is -2.49. The molecule has 1 aliphatic carbocycles. The standard InChI is InChI=1S/C16H17ClN4O4/c1-10-4-6-16(7-5-10)14(22)20(15(23)19-16)18-9-11-2-3-12(17)13(8-11)21(24)25/h2-3,8-10H,4-7H2,1H3,(H,19,23)/b18-9+. The minimum absolute atomic E-state index is 0.00687. The Balaban J connectivity index is 1.80. The van der Waals surface area contributed by atoms with Gasteiger partial charge in [-0.2, -0.15) is 5.10 Å². The summed E-state index contributed by atoms with van der Waals surface area (Å²) in [7, 11) is 0. The molecule has 0 unspecified atom stereocenters. The third kappa shape index (κ3) is 3.21. The van der Waals surface area contributed by atoms with E-state index in [-0.39, 0.29) is 16.6 Å². The number of nitrogens with zero attached hydrogens (tertiary/aromatic N) is 3. The zero-order valence-corrected chi connectivity index (χ0v) is 14.3. The maximum atomic E-state index is 12.6. The van der Waals surface area contributed by atoms with Crippen LogP contribution >= 0.6 is 11.6 Å². The number of carbonyl (C=O) groups is 2. The van der Waals surface area contributed by atoms with E-state index >= 15 is 0 Å². The lowest BCUT2D eigenvalue weighted by molar-refractivity contribution is -0.384. The highest BCUT2D eigenvalue weighted by Crippen LogP contribution is 2.36. The average molecular weight is 365 g/mol. The molecule has 1 aromatic rings. The molecule has 3 rings (SSSR count). The van der Waals surface area contributed by atoms with Crippen LogP contribution in [0.4, 0.5) is 10.5 Å². The number of nitro groups is 1. The molecule has 1 saturated carbocycles. The van der Waals surface area contributed by atoms with Gasteiger partial charge in [0, 0.05) is 11.6 Å². The lowest BCUT2D eigenvalue weighted by atomic mass is 9.77. The van der Waals surface area contributed by atoms with Crippen LogP contribution in [-0.2, 0) is 4.79 Å². The number of amides is 3. The van der Waals surface area contributed by atoms with Crippen molar-refractivity contribution < 1.29 is 14.5 Å². The molecule has 1 spiro atoms. The van der Waals surface area contributed by atoms with Crippen LogP contribution in [0.2, 0.25) is 5.02 Å². The molecule has 0 atom stereocenters. The molecule has 0 bridgehead atoms. The number of carbonyl (C=O) groups excluding carboxylic acids is 2. The van der Waals surface area contributed by atoms with Gasteiger partial charge < -0.3 is 5.32 Å². The number of urea groups is 1. The number of nitrogens with one attached hydrogen (secondary N) is 1. The van der Waals surface area contributed by atoms with Gasteiger partial charge in [0.05, 0.1) is 11.1 Å². The predicted octanol–water partition coefficient (Wildman–Crippen LogP) is 3.08. The second-order valence-electron chi connectivity index (χ2n) is 6.52. The molecule has 1 aromatic carbocycles. The molecule has 8 nitrogen and oxygen atoms in total. The Labute approximate surface area is 149 Å². The Morgan fingerprint density at radius 3 is 2.72 bits per heavy atom. The molecule has 2 aliphatic rings. The molecule has 1 saturated heterocycles. The number of hydrogen-bond donors (Lipinski definition) is 1. The number of imide groups is 1. The van der Waals surface area contributed by atoms with Gasteiger partial charge in [-0.05, 0) is 37.7 Å². The SMILES string of the molecule is CC1CCC2(CC1)NC(=O)N(/N=C/c1ccc(Cl)c([N+](=O)[O-])c1)C2=O. The minimum atomic E-state index is -0.868. The van der Waals surface area contributed by atoms with Gasteiger partial charge in [0.1, 0.15) is 10.6 Å². The molecule has 0 radical (unpaired) electrons. The van der Waals surface area contributed by atoms with Gasteiger partial charge in [-0.15, -0.1) is 5.01 Å². The van der Waals surface area contributed by atoms with E-state index in [9.17, 15) is 19.7 Å². The summed E-state index contributed by atoms with van der Waals surface area (Å²) < 4.78 is 0. The Hall–Kier alpha value is -2.48. The highest BCUT2D eigenvalue weighted by molar-refractivity contribution is 6.32. The first-order valence-corrected chi connectivity index (χ1v) is 8.35. The highest BCUT2D eigenvalue weighted by atomic mass is 35.5. The zero-order valence-electron chi connectivity index (χ0n) is 13.6. The van der Waals surface area contributed by atoms with Gasteiger partial charge in [-0.3, -0.25) is 14.9 Å². The van der Waals surface area contributed by atoms with E-state index in [1.165, 1.54) is 24.4 Å². The minimum Gasteiger partial charge on any atom is -0.321 e. The van der Waals surface area contributed by atoms with Crippen LogP contribution in [0.15, 0.2) is 23.3 Å². The van der Waals surface area contributed by atoms with Gasteiger partial charge >= 0.3 is 6.03 Å². The number of hydrazone groups is 1. The van der Waals surface area contributed by atoms with Crippen LogP contribution in [0.1, 0.15) is 38.2 Å². The predicted molar refractivity (Wildman–Crippen MR) is 91.4 cm³/mol. The van der Waals surface area contributed by atoms with E-state index in [2.05, 4.69) is 17.3 Å². The van der Waals surface area contributed by atoms with Gasteiger partial charge in [0.25, 0.3) is 11.6 Å². The summed E-state index contributed by atoms with van der Waals surface area (Å²) in [5, 5.41) is 18.4. The van der Waals surface area contributed by atoms with Crippen LogP contribution < -0.4 is 5.32 Å². The number of benzene rings is 1. The smallest absolute Gasteiger partial charge is 0.321 e. The summed E-state index contributed by atoms with van der Waals surface area (Å²) in [5.74, 6) is 0.159. The van der Waals surface area contributed by atoms with Crippen molar-refractivity contribution in [1.82, 2.24) is 10.3 Å². The first kappa shape index (κ1) is 17.3. The summed E-state index contributed by atoms with van der Waals surface area (Å²) in [4.78, 5) is 35.1. The molecule has 0 aromatic heterocycles. The maximum absolute atomic E-state index is 12.6. The van der Waals surface area contributed by atoms with Gasteiger partial charge in [-0.1, -0.05) is 24.6 Å². The van der Waals surface area contributed by atoms with Crippen LogP contribution in [-0.4, -0.2) is 33.6 Å². The lowest BCUT2D eigenvalue weighted by Gasteiger charge is -2.33. The molecule has 2 fully saturated rings. The first-order valence-electron chi connectivity index (χ1n) is 7.97. The molecule has 3 amide bonds. The molecule has 25 heavy (non-hydrogen) atoms. The number of hydrogen-bond acceptors (Lipinski definition) is 5. The topological polar surface area (TPSA) is 105 Å². The van der Waals surface area contributed by atoms with Crippen LogP contribution in [0.3, 0.4) is 0 Å². The third-order valence-corrected chi connectivity index (χ3v) is 5.08. The average Bonchev–Trinajstić information content (AvgIpc) is 2.80. The normalized spacial score (nSPS) is 26.5. The van der Waals surface area contributed by atoms with Crippen molar-refractivity contribution in [3.8, 4) is 0 Å². The van der Waals surface area contributed by atoms with Gasteiger partial charge in [0.15, 0.2) is 0 Å². The summed E-state index contributed by atoms with van der Waals surface area (Å²) in [6.07, 6.45) is 4.17. The summed E-state index contributed by atoms with van der Waals surface area (Å²) in [6.45, 7) is 2.12. The molecule has 1 aliphatic heterocycles. The molecule has 1 N–H and O–H groups in total. The third-order valence-electron chi connectivity index (χ3n) is 4.76. The molecular weight excluding hydrogens is 348 g/mol. The van der Waals surface area contributed by atoms with E-state index in [4.69, 9.17) is 11.6 Å². The van der Waals surface area contributed by atoms with Crippen LogP contribution in [0.25, 0.3) is 0 Å². The number of nitro benzene ring substituents is 1. The summed E-state index contributed by atoms with van der Waals surface area (Å²) >= 11 is 5.76. The van der Waals surface area contributed by atoms with E-state index in [0.29, 0.717) is 24.3 Å².